The van der Waals surface area contributed by atoms with Crippen LogP contribution in [-0.2, 0) is 16.6 Å². The highest BCUT2D eigenvalue weighted by Gasteiger charge is 2.29. The molecule has 4 aromatic rings. The minimum Gasteiger partial charge on any atom is -0.496 e. The summed E-state index contributed by atoms with van der Waals surface area (Å²) in [5, 5.41) is 3.11. The van der Waals surface area contributed by atoms with Crippen molar-refractivity contribution in [1.29, 1.82) is 0 Å². The van der Waals surface area contributed by atoms with Crippen molar-refractivity contribution in [2.75, 3.05) is 11.4 Å². The van der Waals surface area contributed by atoms with Gasteiger partial charge in [0.2, 0.25) is 0 Å². The number of benzene rings is 4. The standard InChI is InChI=1S/C34H38N2O4S/c1-23(2)30-21-31(25(4)20-33(30)40-6)26(5)35-34(37)29-14-10-11-15-32(29)36(22-27-12-8-7-9-13-27)41(38,39)28-18-16-24(3)17-19-28/h7-21,23,26H,22H2,1-6H3,(H,35,37)/t26-/m1/s1. The molecule has 41 heavy (non-hydrogen) atoms. The van der Waals surface area contributed by atoms with Crippen molar-refractivity contribution in [2.45, 2.75) is 58.0 Å². The van der Waals surface area contributed by atoms with Crippen molar-refractivity contribution in [3.8, 4) is 5.75 Å². The molecule has 0 heterocycles. The first kappa shape index (κ1) is 29.9. The second-order valence-electron chi connectivity index (χ2n) is 10.6. The Morgan fingerprint density at radius 3 is 2.12 bits per heavy atom. The molecule has 214 valence electrons. The summed E-state index contributed by atoms with van der Waals surface area (Å²) in [6, 6.07) is 26.7. The minimum atomic E-state index is -4.00. The average Bonchev–Trinajstić information content (AvgIpc) is 2.96. The van der Waals surface area contributed by atoms with Gasteiger partial charge in [-0.25, -0.2) is 8.42 Å². The van der Waals surface area contributed by atoms with Crippen LogP contribution in [0.5, 0.6) is 5.75 Å². The van der Waals surface area contributed by atoms with Crippen molar-refractivity contribution in [2.24, 2.45) is 0 Å². The Labute approximate surface area is 244 Å². The number of para-hydroxylation sites is 1. The highest BCUT2D eigenvalue weighted by Crippen LogP contribution is 2.33. The van der Waals surface area contributed by atoms with Crippen LogP contribution in [0.1, 0.15) is 70.9 Å². The van der Waals surface area contributed by atoms with Crippen LogP contribution in [0.25, 0.3) is 0 Å². The third kappa shape index (κ3) is 6.63. The number of aryl methyl sites for hydroxylation is 2. The molecule has 0 aliphatic heterocycles. The third-order valence-corrected chi connectivity index (χ3v) is 9.02. The van der Waals surface area contributed by atoms with E-state index < -0.39 is 10.0 Å². The first-order chi connectivity index (χ1) is 19.5. The summed E-state index contributed by atoms with van der Waals surface area (Å²) >= 11 is 0. The van der Waals surface area contributed by atoms with Crippen molar-refractivity contribution >= 4 is 21.6 Å². The number of sulfonamides is 1. The molecule has 0 radical (unpaired) electrons. The maximum atomic E-state index is 14.1. The fraction of sp³-hybridized carbons (Fsp3) is 0.265. The highest BCUT2D eigenvalue weighted by molar-refractivity contribution is 7.92. The zero-order chi connectivity index (χ0) is 29.7. The summed E-state index contributed by atoms with van der Waals surface area (Å²) in [4.78, 5) is 14.0. The van der Waals surface area contributed by atoms with Gasteiger partial charge in [-0.15, -0.1) is 0 Å². The zero-order valence-electron chi connectivity index (χ0n) is 24.5. The van der Waals surface area contributed by atoms with E-state index in [1.165, 1.54) is 4.31 Å². The van der Waals surface area contributed by atoms with Crippen LogP contribution in [0.3, 0.4) is 0 Å². The number of nitrogens with one attached hydrogen (secondary N) is 1. The monoisotopic (exact) mass is 570 g/mol. The Morgan fingerprint density at radius 1 is 0.854 bits per heavy atom. The Hall–Kier alpha value is -4.10. The molecular formula is C34H38N2O4S. The molecule has 1 N–H and O–H groups in total. The molecule has 0 saturated heterocycles. The number of hydrogen-bond donors (Lipinski definition) is 1. The maximum absolute atomic E-state index is 14.1. The molecule has 0 aliphatic rings. The number of ether oxygens (including phenoxy) is 1. The predicted octanol–water partition coefficient (Wildman–Crippen LogP) is 7.32. The number of amides is 1. The van der Waals surface area contributed by atoms with Gasteiger partial charge in [0.25, 0.3) is 15.9 Å². The Kier molecular flexibility index (Phi) is 9.18. The van der Waals surface area contributed by atoms with Crippen molar-refractivity contribution in [3.05, 3.63) is 124 Å². The molecule has 7 heteroatoms. The molecule has 0 fully saturated rings. The van der Waals surface area contributed by atoms with Crippen LogP contribution in [-0.4, -0.2) is 21.4 Å². The van der Waals surface area contributed by atoms with Gasteiger partial charge in [0, 0.05) is 0 Å². The van der Waals surface area contributed by atoms with Crippen molar-refractivity contribution in [1.82, 2.24) is 5.32 Å². The highest BCUT2D eigenvalue weighted by atomic mass is 32.2. The third-order valence-electron chi connectivity index (χ3n) is 7.25. The van der Waals surface area contributed by atoms with E-state index >= 15 is 0 Å². The lowest BCUT2D eigenvalue weighted by Gasteiger charge is -2.27. The first-order valence-electron chi connectivity index (χ1n) is 13.7. The van der Waals surface area contributed by atoms with Gasteiger partial charge in [0.15, 0.2) is 0 Å². The molecular weight excluding hydrogens is 532 g/mol. The number of carbonyl (C=O) groups is 1. The number of rotatable bonds is 10. The second kappa shape index (κ2) is 12.6. The molecule has 0 aromatic heterocycles. The quantitative estimate of drug-likeness (QED) is 0.217. The molecule has 0 aliphatic carbocycles. The average molecular weight is 571 g/mol. The lowest BCUT2D eigenvalue weighted by atomic mass is 9.93. The smallest absolute Gasteiger partial charge is 0.264 e. The molecule has 0 saturated carbocycles. The van der Waals surface area contributed by atoms with Gasteiger partial charge in [-0.1, -0.05) is 74.0 Å². The van der Waals surface area contributed by atoms with Gasteiger partial charge >= 0.3 is 0 Å². The van der Waals surface area contributed by atoms with Crippen LogP contribution in [0.15, 0.2) is 95.9 Å². The summed E-state index contributed by atoms with van der Waals surface area (Å²) in [5.41, 5.74) is 5.40. The van der Waals surface area contributed by atoms with Crippen LogP contribution in [0.4, 0.5) is 5.69 Å². The lowest BCUT2D eigenvalue weighted by molar-refractivity contribution is 0.0940. The van der Waals surface area contributed by atoms with Gasteiger partial charge in [0.1, 0.15) is 5.75 Å². The van der Waals surface area contributed by atoms with Crippen molar-refractivity contribution in [3.63, 3.8) is 0 Å². The second-order valence-corrected chi connectivity index (χ2v) is 12.5. The SMILES string of the molecule is COc1cc(C)c([C@@H](C)NC(=O)c2ccccc2N(Cc2ccccc2)S(=O)(=O)c2ccc(C)cc2)cc1C(C)C. The lowest BCUT2D eigenvalue weighted by Crippen LogP contribution is -2.34. The molecule has 6 nitrogen and oxygen atoms in total. The van der Waals surface area contributed by atoms with Crippen molar-refractivity contribution < 1.29 is 17.9 Å². The summed E-state index contributed by atoms with van der Waals surface area (Å²) in [6.45, 7) is 10.1. The predicted molar refractivity (Wildman–Crippen MR) is 165 cm³/mol. The number of nitrogens with zero attached hydrogens (tertiary/aromatic N) is 1. The zero-order valence-corrected chi connectivity index (χ0v) is 25.3. The van der Waals surface area contributed by atoms with Gasteiger partial charge < -0.3 is 10.1 Å². The van der Waals surface area contributed by atoms with Crippen LogP contribution < -0.4 is 14.4 Å². The minimum absolute atomic E-state index is 0.0756. The first-order valence-corrected chi connectivity index (χ1v) is 15.2. The normalized spacial score (nSPS) is 12.2. The van der Waals surface area contributed by atoms with Gasteiger partial charge in [0.05, 0.1) is 35.8 Å². The molecule has 0 bridgehead atoms. The van der Waals surface area contributed by atoms with Crippen LogP contribution in [0.2, 0.25) is 0 Å². The largest absolute Gasteiger partial charge is 0.496 e. The van der Waals surface area contributed by atoms with Gasteiger partial charge in [-0.05, 0) is 85.3 Å². The number of hydrogen-bond acceptors (Lipinski definition) is 4. The maximum Gasteiger partial charge on any atom is 0.264 e. The molecule has 0 spiro atoms. The summed E-state index contributed by atoms with van der Waals surface area (Å²) < 4.78 is 35.0. The Bertz CT molecular complexity index is 1610. The Balaban J connectivity index is 1.74. The van der Waals surface area contributed by atoms with E-state index in [0.717, 1.165) is 33.6 Å². The number of carbonyl (C=O) groups excluding carboxylic acids is 1. The fourth-order valence-electron chi connectivity index (χ4n) is 4.93. The van der Waals surface area contributed by atoms with E-state index in [9.17, 15) is 13.2 Å². The molecule has 1 amide bonds. The van der Waals surface area contributed by atoms with E-state index in [4.69, 9.17) is 4.74 Å². The fourth-order valence-corrected chi connectivity index (χ4v) is 6.40. The van der Waals surface area contributed by atoms with Crippen LogP contribution >= 0.6 is 0 Å². The van der Waals surface area contributed by atoms with E-state index in [2.05, 4.69) is 25.2 Å². The van der Waals surface area contributed by atoms with Gasteiger partial charge in [-0.3, -0.25) is 9.10 Å². The summed E-state index contributed by atoms with van der Waals surface area (Å²) in [7, 11) is -2.33. The Morgan fingerprint density at radius 2 is 1.49 bits per heavy atom. The molecule has 4 rings (SSSR count). The van der Waals surface area contributed by atoms with E-state index in [0.29, 0.717) is 5.69 Å². The summed E-state index contributed by atoms with van der Waals surface area (Å²) in [6.07, 6.45) is 0. The number of anilines is 1. The van der Waals surface area contributed by atoms with E-state index in [1.54, 1.807) is 55.6 Å². The topological polar surface area (TPSA) is 75.7 Å². The molecule has 1 atom stereocenters. The van der Waals surface area contributed by atoms with E-state index in [-0.39, 0.29) is 34.9 Å². The summed E-state index contributed by atoms with van der Waals surface area (Å²) in [5.74, 6) is 0.709. The molecule has 4 aromatic carbocycles. The van der Waals surface area contributed by atoms with Crippen LogP contribution in [0, 0.1) is 13.8 Å². The molecule has 0 unspecified atom stereocenters. The number of methoxy groups -OCH3 is 1. The van der Waals surface area contributed by atoms with E-state index in [1.807, 2.05) is 57.2 Å². The van der Waals surface area contributed by atoms with Gasteiger partial charge in [-0.2, -0.15) is 0 Å².